The van der Waals surface area contributed by atoms with E-state index in [1.54, 1.807) is 43.3 Å². The van der Waals surface area contributed by atoms with E-state index in [4.69, 9.17) is 0 Å². The van der Waals surface area contributed by atoms with Crippen LogP contribution in [0.2, 0.25) is 0 Å². The zero-order valence-corrected chi connectivity index (χ0v) is 21.4. The first-order valence-corrected chi connectivity index (χ1v) is 12.0. The lowest BCUT2D eigenvalue weighted by molar-refractivity contribution is -0.138. The van der Waals surface area contributed by atoms with Crippen LogP contribution in [0.3, 0.4) is 0 Å². The summed E-state index contributed by atoms with van der Waals surface area (Å²) in [6, 6.07) is 20.8. The molecule has 0 spiro atoms. The highest BCUT2D eigenvalue weighted by molar-refractivity contribution is 6.52. The predicted octanol–water partition coefficient (Wildman–Crippen LogP) is 3.65. The number of anilines is 3. The summed E-state index contributed by atoms with van der Waals surface area (Å²) in [5, 5.41) is 2.88. The number of hydrogen-bond donors (Lipinski definition) is 1. The van der Waals surface area contributed by atoms with Crippen LogP contribution in [0.25, 0.3) is 0 Å². The van der Waals surface area contributed by atoms with Crippen molar-refractivity contribution in [2.24, 2.45) is 0 Å². The largest absolute Gasteiger partial charge is 0.378 e. The van der Waals surface area contributed by atoms with Crippen LogP contribution in [0.5, 0.6) is 0 Å². The SMILES string of the molecule is Cc1ccc(CN(C(=O)CN2C(=O)C(=O)c3ccccc32)[C@H](C)C(=O)Nc2ccc(N(C)C)cc2)cc1. The Hall–Kier alpha value is -4.46. The van der Waals surface area contributed by atoms with Gasteiger partial charge in [-0.15, -0.1) is 0 Å². The molecule has 190 valence electrons. The molecule has 0 radical (unpaired) electrons. The average Bonchev–Trinajstić information content (AvgIpc) is 3.13. The number of nitrogens with one attached hydrogen (secondary N) is 1. The van der Waals surface area contributed by atoms with E-state index in [1.165, 1.54) is 9.80 Å². The third-order valence-electron chi connectivity index (χ3n) is 6.46. The molecule has 0 saturated heterocycles. The number of rotatable bonds is 8. The zero-order valence-electron chi connectivity index (χ0n) is 21.4. The molecular formula is C29H30N4O4. The molecule has 8 heteroatoms. The Labute approximate surface area is 216 Å². The Morgan fingerprint density at radius 1 is 0.919 bits per heavy atom. The van der Waals surface area contributed by atoms with E-state index in [2.05, 4.69) is 5.32 Å². The number of Topliss-reactive ketones (excluding diaryl/α,β-unsaturated/α-hetero) is 1. The van der Waals surface area contributed by atoms with E-state index in [0.29, 0.717) is 11.4 Å². The summed E-state index contributed by atoms with van der Waals surface area (Å²) in [4.78, 5) is 56.5. The van der Waals surface area contributed by atoms with Crippen LogP contribution in [0, 0.1) is 6.92 Å². The fourth-order valence-electron chi connectivity index (χ4n) is 4.19. The predicted molar refractivity (Wildman–Crippen MR) is 144 cm³/mol. The number of carbonyl (C=O) groups is 4. The van der Waals surface area contributed by atoms with Crippen molar-refractivity contribution in [3.63, 3.8) is 0 Å². The summed E-state index contributed by atoms with van der Waals surface area (Å²) >= 11 is 0. The summed E-state index contributed by atoms with van der Waals surface area (Å²) in [6.07, 6.45) is 0. The Bertz CT molecular complexity index is 1330. The standard InChI is InChI=1S/C29H30N4O4/c1-19-9-11-21(12-10-19)17-32(20(2)28(36)30-22-13-15-23(16-14-22)31(3)4)26(34)18-33-25-8-6-5-7-24(25)27(35)29(33)37/h5-16,20H,17-18H2,1-4H3,(H,30,36)/t20-/m1/s1. The van der Waals surface area contributed by atoms with Crippen molar-refractivity contribution in [3.05, 3.63) is 89.5 Å². The maximum Gasteiger partial charge on any atom is 0.299 e. The Kier molecular flexibility index (Phi) is 7.38. The van der Waals surface area contributed by atoms with Crippen LogP contribution in [-0.4, -0.2) is 55.1 Å². The minimum absolute atomic E-state index is 0.172. The minimum Gasteiger partial charge on any atom is -0.378 e. The molecule has 8 nitrogen and oxygen atoms in total. The zero-order chi connectivity index (χ0) is 26.7. The molecule has 3 amide bonds. The van der Waals surface area contributed by atoms with Gasteiger partial charge in [-0.05, 0) is 55.8 Å². The lowest BCUT2D eigenvalue weighted by Gasteiger charge is -2.30. The molecule has 1 heterocycles. The molecule has 1 aliphatic rings. The number of ketones is 1. The number of para-hydroxylation sites is 1. The van der Waals surface area contributed by atoms with E-state index in [0.717, 1.165) is 16.8 Å². The number of benzene rings is 3. The van der Waals surface area contributed by atoms with Crippen LogP contribution in [-0.2, 0) is 20.9 Å². The molecule has 37 heavy (non-hydrogen) atoms. The molecule has 3 aromatic rings. The number of carbonyl (C=O) groups excluding carboxylic acids is 4. The number of fused-ring (bicyclic) bond motifs is 1. The van der Waals surface area contributed by atoms with Gasteiger partial charge in [0.15, 0.2) is 0 Å². The topological polar surface area (TPSA) is 90.0 Å². The summed E-state index contributed by atoms with van der Waals surface area (Å²) in [6.45, 7) is 3.45. The van der Waals surface area contributed by atoms with Crippen LogP contribution < -0.4 is 15.1 Å². The Morgan fingerprint density at radius 2 is 1.57 bits per heavy atom. The summed E-state index contributed by atoms with van der Waals surface area (Å²) in [7, 11) is 3.86. The van der Waals surface area contributed by atoms with Gasteiger partial charge in [-0.2, -0.15) is 0 Å². The maximum absolute atomic E-state index is 13.6. The second-order valence-corrected chi connectivity index (χ2v) is 9.35. The Morgan fingerprint density at radius 3 is 2.22 bits per heavy atom. The van der Waals surface area contributed by atoms with Gasteiger partial charge in [0.25, 0.3) is 11.7 Å². The van der Waals surface area contributed by atoms with E-state index < -0.39 is 23.6 Å². The number of nitrogens with zero attached hydrogens (tertiary/aromatic N) is 3. The molecule has 1 aliphatic heterocycles. The molecule has 0 bridgehead atoms. The minimum atomic E-state index is -0.842. The van der Waals surface area contributed by atoms with Crippen molar-refractivity contribution in [2.45, 2.75) is 26.4 Å². The summed E-state index contributed by atoms with van der Waals surface area (Å²) in [5.74, 6) is -2.19. The smallest absolute Gasteiger partial charge is 0.299 e. The molecule has 4 rings (SSSR count). The van der Waals surface area contributed by atoms with Crippen molar-refractivity contribution in [1.29, 1.82) is 0 Å². The van der Waals surface area contributed by atoms with Crippen molar-refractivity contribution < 1.29 is 19.2 Å². The average molecular weight is 499 g/mol. The Balaban J connectivity index is 1.56. The van der Waals surface area contributed by atoms with Crippen LogP contribution in [0.15, 0.2) is 72.8 Å². The highest BCUT2D eigenvalue weighted by Gasteiger charge is 2.38. The lowest BCUT2D eigenvalue weighted by Crippen LogP contribution is -2.49. The van der Waals surface area contributed by atoms with Crippen LogP contribution >= 0.6 is 0 Å². The van der Waals surface area contributed by atoms with Gasteiger partial charge in [0.1, 0.15) is 12.6 Å². The molecule has 0 aromatic heterocycles. The number of amides is 3. The van der Waals surface area contributed by atoms with Gasteiger partial charge in [0.05, 0.1) is 11.3 Å². The third kappa shape index (κ3) is 5.53. The fourth-order valence-corrected chi connectivity index (χ4v) is 4.19. The van der Waals surface area contributed by atoms with Crippen molar-refractivity contribution in [2.75, 3.05) is 35.8 Å². The van der Waals surface area contributed by atoms with E-state index in [1.807, 2.05) is 62.3 Å². The van der Waals surface area contributed by atoms with Gasteiger partial charge in [-0.25, -0.2) is 0 Å². The molecule has 1 N–H and O–H groups in total. The summed E-state index contributed by atoms with van der Waals surface area (Å²) < 4.78 is 0. The lowest BCUT2D eigenvalue weighted by atomic mass is 10.1. The van der Waals surface area contributed by atoms with Gasteiger partial charge in [0, 0.05) is 32.0 Å². The van der Waals surface area contributed by atoms with Gasteiger partial charge >= 0.3 is 0 Å². The third-order valence-corrected chi connectivity index (χ3v) is 6.46. The second-order valence-electron chi connectivity index (χ2n) is 9.35. The van der Waals surface area contributed by atoms with E-state index >= 15 is 0 Å². The molecule has 0 fully saturated rings. The van der Waals surface area contributed by atoms with Gasteiger partial charge in [-0.3, -0.25) is 24.1 Å². The highest BCUT2D eigenvalue weighted by Crippen LogP contribution is 2.28. The quantitative estimate of drug-likeness (QED) is 0.479. The normalized spacial score (nSPS) is 13.2. The van der Waals surface area contributed by atoms with Gasteiger partial charge < -0.3 is 15.1 Å². The van der Waals surface area contributed by atoms with Crippen molar-refractivity contribution >= 4 is 40.6 Å². The fraction of sp³-hybridized carbons (Fsp3) is 0.241. The van der Waals surface area contributed by atoms with Gasteiger partial charge in [-0.1, -0.05) is 42.0 Å². The first-order chi connectivity index (χ1) is 17.7. The number of hydrogen-bond acceptors (Lipinski definition) is 5. The van der Waals surface area contributed by atoms with Crippen LogP contribution in [0.4, 0.5) is 17.1 Å². The van der Waals surface area contributed by atoms with Crippen molar-refractivity contribution in [1.82, 2.24) is 4.90 Å². The first kappa shape index (κ1) is 25.6. The maximum atomic E-state index is 13.6. The molecular weight excluding hydrogens is 468 g/mol. The van der Waals surface area contributed by atoms with Gasteiger partial charge in [0.2, 0.25) is 11.8 Å². The summed E-state index contributed by atoms with van der Waals surface area (Å²) in [5.41, 5.74) is 4.20. The van der Waals surface area contributed by atoms with Crippen molar-refractivity contribution in [3.8, 4) is 0 Å². The molecule has 0 saturated carbocycles. The first-order valence-electron chi connectivity index (χ1n) is 12.0. The molecule has 0 aliphatic carbocycles. The number of aryl methyl sites for hydroxylation is 1. The molecule has 0 unspecified atom stereocenters. The highest BCUT2D eigenvalue weighted by atomic mass is 16.2. The monoisotopic (exact) mass is 498 g/mol. The van der Waals surface area contributed by atoms with Crippen LogP contribution in [0.1, 0.15) is 28.4 Å². The molecule has 3 aromatic carbocycles. The van der Waals surface area contributed by atoms with E-state index in [-0.39, 0.29) is 24.6 Å². The molecule has 1 atom stereocenters. The van der Waals surface area contributed by atoms with E-state index in [9.17, 15) is 19.2 Å². The second kappa shape index (κ2) is 10.7.